The van der Waals surface area contributed by atoms with Crippen LogP contribution in [0.5, 0.6) is 0 Å². The standard InChI is InChI=1S/C20H21N3/c1-13-15(3)23(17-10-11-17)20-18(22-21-14(2)19(13)20)12-9-16-7-5-4-6-8-16/h4-9,12,17H,10-11H2,1-3H3. The molecule has 23 heavy (non-hydrogen) atoms. The zero-order valence-corrected chi connectivity index (χ0v) is 13.9. The molecule has 3 heteroatoms. The van der Waals surface area contributed by atoms with Crippen molar-refractivity contribution in [2.45, 2.75) is 39.7 Å². The minimum absolute atomic E-state index is 0.638. The fourth-order valence-electron chi connectivity index (χ4n) is 3.39. The summed E-state index contributed by atoms with van der Waals surface area (Å²) in [7, 11) is 0. The second-order valence-electron chi connectivity index (χ2n) is 6.45. The highest BCUT2D eigenvalue weighted by molar-refractivity contribution is 5.94. The number of hydrogen-bond acceptors (Lipinski definition) is 2. The second kappa shape index (κ2) is 5.34. The SMILES string of the molecule is Cc1nnc(C=Cc2ccccc2)c2c1c(C)c(C)n2C1CC1. The molecule has 1 saturated carbocycles. The van der Waals surface area contributed by atoms with Crippen molar-refractivity contribution < 1.29 is 0 Å². The molecule has 4 rings (SSSR count). The van der Waals surface area contributed by atoms with Gasteiger partial charge in [0.05, 0.1) is 11.2 Å². The summed E-state index contributed by atoms with van der Waals surface area (Å²) in [5.41, 5.74) is 7.13. The highest BCUT2D eigenvalue weighted by Gasteiger charge is 2.29. The zero-order valence-electron chi connectivity index (χ0n) is 13.9. The zero-order chi connectivity index (χ0) is 16.0. The van der Waals surface area contributed by atoms with Gasteiger partial charge in [0.2, 0.25) is 0 Å². The fourth-order valence-corrected chi connectivity index (χ4v) is 3.39. The van der Waals surface area contributed by atoms with Crippen molar-refractivity contribution >= 4 is 23.1 Å². The summed E-state index contributed by atoms with van der Waals surface area (Å²) in [4.78, 5) is 0. The van der Waals surface area contributed by atoms with Gasteiger partial charge in [0, 0.05) is 17.1 Å². The molecule has 0 spiro atoms. The number of aryl methyl sites for hydroxylation is 2. The van der Waals surface area contributed by atoms with E-state index in [2.05, 4.69) is 72.0 Å². The summed E-state index contributed by atoms with van der Waals surface area (Å²) in [6.45, 7) is 6.48. The molecule has 3 nitrogen and oxygen atoms in total. The highest BCUT2D eigenvalue weighted by atomic mass is 15.1. The molecule has 0 atom stereocenters. The lowest BCUT2D eigenvalue weighted by atomic mass is 10.1. The van der Waals surface area contributed by atoms with Gasteiger partial charge in [-0.2, -0.15) is 5.10 Å². The molecule has 0 saturated heterocycles. The molecule has 0 aliphatic heterocycles. The molecule has 3 aromatic rings. The van der Waals surface area contributed by atoms with Crippen LogP contribution in [0, 0.1) is 20.8 Å². The van der Waals surface area contributed by atoms with Crippen LogP contribution in [0.1, 0.15) is 47.1 Å². The van der Waals surface area contributed by atoms with Crippen molar-refractivity contribution in [1.29, 1.82) is 0 Å². The van der Waals surface area contributed by atoms with Crippen LogP contribution in [0.3, 0.4) is 0 Å². The molecule has 2 aromatic heterocycles. The third-order valence-corrected chi connectivity index (χ3v) is 4.81. The molecular weight excluding hydrogens is 282 g/mol. The van der Waals surface area contributed by atoms with E-state index in [4.69, 9.17) is 0 Å². The van der Waals surface area contributed by atoms with Crippen molar-refractivity contribution in [2.75, 3.05) is 0 Å². The topological polar surface area (TPSA) is 30.7 Å². The number of benzene rings is 1. The average Bonchev–Trinajstić information content (AvgIpc) is 3.36. The third kappa shape index (κ3) is 2.37. The Bertz CT molecular complexity index is 900. The summed E-state index contributed by atoms with van der Waals surface area (Å²) in [6, 6.07) is 11.0. The van der Waals surface area contributed by atoms with E-state index in [1.807, 2.05) is 6.07 Å². The number of nitrogens with zero attached hydrogens (tertiary/aromatic N) is 3. The van der Waals surface area contributed by atoms with Crippen LogP contribution in [0.4, 0.5) is 0 Å². The normalized spacial score (nSPS) is 14.9. The molecule has 116 valence electrons. The first-order valence-electron chi connectivity index (χ1n) is 8.24. The van der Waals surface area contributed by atoms with Gasteiger partial charge in [-0.05, 0) is 50.8 Å². The molecule has 0 bridgehead atoms. The van der Waals surface area contributed by atoms with E-state index >= 15 is 0 Å². The lowest BCUT2D eigenvalue weighted by Gasteiger charge is -2.08. The molecule has 0 unspecified atom stereocenters. The van der Waals surface area contributed by atoms with Crippen LogP contribution in [0.2, 0.25) is 0 Å². The van der Waals surface area contributed by atoms with Crippen molar-refractivity contribution in [1.82, 2.24) is 14.8 Å². The Morgan fingerprint density at radius 2 is 1.74 bits per heavy atom. The number of rotatable bonds is 3. The predicted octanol–water partition coefficient (Wildman–Crippen LogP) is 4.86. The van der Waals surface area contributed by atoms with Gasteiger partial charge in [-0.15, -0.1) is 5.10 Å². The van der Waals surface area contributed by atoms with E-state index in [1.165, 1.54) is 40.6 Å². The van der Waals surface area contributed by atoms with Crippen molar-refractivity contribution in [3.63, 3.8) is 0 Å². The number of hydrogen-bond donors (Lipinski definition) is 0. The van der Waals surface area contributed by atoms with Gasteiger partial charge in [-0.3, -0.25) is 0 Å². The smallest absolute Gasteiger partial charge is 0.110 e. The lowest BCUT2D eigenvalue weighted by molar-refractivity contribution is 0.742. The Hall–Kier alpha value is -2.42. The van der Waals surface area contributed by atoms with Crippen LogP contribution in [-0.2, 0) is 0 Å². The van der Waals surface area contributed by atoms with E-state index in [9.17, 15) is 0 Å². The van der Waals surface area contributed by atoms with Crippen LogP contribution < -0.4 is 0 Å². The van der Waals surface area contributed by atoms with Crippen molar-refractivity contribution in [3.8, 4) is 0 Å². The Labute approximate surface area is 136 Å². The largest absolute Gasteiger partial charge is 0.340 e. The van der Waals surface area contributed by atoms with Gasteiger partial charge in [-0.1, -0.05) is 36.4 Å². The second-order valence-corrected chi connectivity index (χ2v) is 6.45. The first-order chi connectivity index (χ1) is 11.2. The molecule has 2 heterocycles. The minimum Gasteiger partial charge on any atom is -0.340 e. The fraction of sp³-hybridized carbons (Fsp3) is 0.300. The van der Waals surface area contributed by atoms with Crippen LogP contribution in [-0.4, -0.2) is 14.8 Å². The summed E-state index contributed by atoms with van der Waals surface area (Å²) >= 11 is 0. The van der Waals surface area contributed by atoms with E-state index < -0.39 is 0 Å². The molecule has 1 aliphatic rings. The van der Waals surface area contributed by atoms with Gasteiger partial charge >= 0.3 is 0 Å². The molecule has 0 N–H and O–H groups in total. The quantitative estimate of drug-likeness (QED) is 0.691. The van der Waals surface area contributed by atoms with E-state index in [0.29, 0.717) is 6.04 Å². The van der Waals surface area contributed by atoms with Gasteiger partial charge in [0.25, 0.3) is 0 Å². The Balaban J connectivity index is 1.92. The van der Waals surface area contributed by atoms with Crippen LogP contribution >= 0.6 is 0 Å². The average molecular weight is 303 g/mol. The number of fused-ring (bicyclic) bond motifs is 1. The summed E-state index contributed by atoms with van der Waals surface area (Å²) in [5, 5.41) is 10.2. The molecule has 1 aromatic carbocycles. The lowest BCUT2D eigenvalue weighted by Crippen LogP contribution is -2.00. The summed E-state index contributed by atoms with van der Waals surface area (Å²) < 4.78 is 2.48. The maximum Gasteiger partial charge on any atom is 0.110 e. The van der Waals surface area contributed by atoms with E-state index in [-0.39, 0.29) is 0 Å². The van der Waals surface area contributed by atoms with Crippen molar-refractivity contribution in [2.24, 2.45) is 0 Å². The van der Waals surface area contributed by atoms with E-state index in [0.717, 1.165) is 11.4 Å². The molecule has 1 aliphatic carbocycles. The van der Waals surface area contributed by atoms with Crippen LogP contribution in [0.25, 0.3) is 23.1 Å². The first-order valence-corrected chi connectivity index (χ1v) is 8.24. The highest BCUT2D eigenvalue weighted by Crippen LogP contribution is 2.42. The Morgan fingerprint density at radius 3 is 2.43 bits per heavy atom. The van der Waals surface area contributed by atoms with Crippen molar-refractivity contribution in [3.05, 3.63) is 58.5 Å². The molecule has 0 radical (unpaired) electrons. The van der Waals surface area contributed by atoms with Crippen LogP contribution in [0.15, 0.2) is 30.3 Å². The first kappa shape index (κ1) is 14.2. The van der Waals surface area contributed by atoms with Gasteiger partial charge in [0.1, 0.15) is 5.69 Å². The Kier molecular flexibility index (Phi) is 3.29. The maximum atomic E-state index is 4.49. The summed E-state index contributed by atoms with van der Waals surface area (Å²) in [6.07, 6.45) is 6.76. The molecule has 1 fully saturated rings. The predicted molar refractivity (Wildman–Crippen MR) is 95.4 cm³/mol. The molecular formula is C20H21N3. The molecule has 0 amide bonds. The van der Waals surface area contributed by atoms with Gasteiger partial charge < -0.3 is 4.57 Å². The maximum absolute atomic E-state index is 4.49. The Morgan fingerprint density at radius 1 is 1.00 bits per heavy atom. The number of aromatic nitrogens is 3. The summed E-state index contributed by atoms with van der Waals surface area (Å²) in [5.74, 6) is 0. The van der Waals surface area contributed by atoms with Gasteiger partial charge in [-0.25, -0.2) is 0 Å². The minimum atomic E-state index is 0.638. The monoisotopic (exact) mass is 303 g/mol. The van der Waals surface area contributed by atoms with E-state index in [1.54, 1.807) is 0 Å². The third-order valence-electron chi connectivity index (χ3n) is 4.81. The van der Waals surface area contributed by atoms with Gasteiger partial charge in [0.15, 0.2) is 0 Å².